The third kappa shape index (κ3) is 2.34. The van der Waals surface area contributed by atoms with Crippen molar-refractivity contribution in [3.63, 3.8) is 0 Å². The Morgan fingerprint density at radius 2 is 2.00 bits per heavy atom. The number of rotatable bonds is 3. The van der Waals surface area contributed by atoms with Crippen LogP contribution >= 0.6 is 0 Å². The molecule has 1 fully saturated rings. The van der Waals surface area contributed by atoms with Crippen molar-refractivity contribution in [3.8, 4) is 11.3 Å². The molecule has 1 aliphatic heterocycles. The Morgan fingerprint density at radius 3 is 2.71 bits per heavy atom. The van der Waals surface area contributed by atoms with E-state index in [1.54, 1.807) is 16.9 Å². The van der Waals surface area contributed by atoms with Gasteiger partial charge in [-0.3, -0.25) is 4.57 Å². The highest BCUT2D eigenvalue weighted by molar-refractivity contribution is 6.12. The van der Waals surface area contributed by atoms with Crippen LogP contribution in [0.2, 0.25) is 0 Å². The topological polar surface area (TPSA) is 140 Å². The van der Waals surface area contributed by atoms with Crippen LogP contribution in [0.15, 0.2) is 47.3 Å². The third-order valence-corrected chi connectivity index (χ3v) is 5.19. The van der Waals surface area contributed by atoms with Gasteiger partial charge in [-0.25, -0.2) is 9.97 Å². The van der Waals surface area contributed by atoms with Crippen molar-refractivity contribution in [1.82, 2.24) is 14.5 Å². The number of furan rings is 1. The smallest absolute Gasteiger partial charge is 0.165 e. The van der Waals surface area contributed by atoms with Crippen LogP contribution in [0.4, 0.5) is 5.82 Å². The Kier molecular flexibility index (Phi) is 3.84. The molecule has 1 aromatic carbocycles. The molecule has 4 aromatic rings. The summed E-state index contributed by atoms with van der Waals surface area (Å²) < 4.78 is 12.9. The molecule has 4 heterocycles. The van der Waals surface area contributed by atoms with Gasteiger partial charge in [0, 0.05) is 10.9 Å². The molecular weight excluding hydrogens is 364 g/mol. The Bertz CT molecular complexity index is 1160. The van der Waals surface area contributed by atoms with Gasteiger partial charge in [-0.2, -0.15) is 0 Å². The molecule has 5 rings (SSSR count). The quantitative estimate of drug-likeness (QED) is 0.412. The van der Waals surface area contributed by atoms with Gasteiger partial charge in [-0.1, -0.05) is 0 Å². The van der Waals surface area contributed by atoms with Crippen molar-refractivity contribution < 1.29 is 24.5 Å². The van der Waals surface area contributed by atoms with Crippen LogP contribution in [0, 0.1) is 0 Å². The van der Waals surface area contributed by atoms with Gasteiger partial charge in [-0.05, 0) is 30.3 Å². The van der Waals surface area contributed by atoms with Crippen molar-refractivity contribution in [1.29, 1.82) is 0 Å². The maximum Gasteiger partial charge on any atom is 0.165 e. The first kappa shape index (κ1) is 17.1. The number of fused-ring (bicyclic) bond motifs is 3. The highest BCUT2D eigenvalue weighted by Crippen LogP contribution is 2.39. The van der Waals surface area contributed by atoms with E-state index in [-0.39, 0.29) is 5.82 Å². The molecule has 4 atom stereocenters. The number of aromatic nitrogens is 3. The summed E-state index contributed by atoms with van der Waals surface area (Å²) >= 11 is 0. The Labute approximate surface area is 158 Å². The zero-order valence-electron chi connectivity index (χ0n) is 14.6. The van der Waals surface area contributed by atoms with Crippen molar-refractivity contribution in [2.75, 3.05) is 12.3 Å². The first-order valence-corrected chi connectivity index (χ1v) is 8.80. The zero-order valence-corrected chi connectivity index (χ0v) is 14.6. The summed E-state index contributed by atoms with van der Waals surface area (Å²) in [5.74, 6) is 0.989. The maximum atomic E-state index is 10.5. The molecule has 1 saturated heterocycles. The van der Waals surface area contributed by atoms with Crippen molar-refractivity contribution in [2.24, 2.45) is 0 Å². The molecule has 1 aliphatic rings. The van der Waals surface area contributed by atoms with E-state index in [4.69, 9.17) is 14.9 Å². The van der Waals surface area contributed by atoms with Gasteiger partial charge in [0.05, 0.1) is 23.8 Å². The summed E-state index contributed by atoms with van der Waals surface area (Å²) in [4.78, 5) is 8.43. The van der Waals surface area contributed by atoms with Crippen LogP contribution in [-0.2, 0) is 4.74 Å². The van der Waals surface area contributed by atoms with E-state index in [0.29, 0.717) is 22.3 Å². The highest BCUT2D eigenvalue weighted by Gasteiger charge is 2.44. The number of ether oxygens (including phenoxy) is 1. The van der Waals surface area contributed by atoms with Gasteiger partial charge < -0.3 is 30.2 Å². The fraction of sp³-hybridized carbons (Fsp3) is 0.263. The summed E-state index contributed by atoms with van der Waals surface area (Å²) in [6.45, 7) is -0.411. The number of nitrogens with zero attached hydrogens (tertiary/aromatic N) is 3. The van der Waals surface area contributed by atoms with E-state index in [1.807, 2.05) is 24.3 Å². The van der Waals surface area contributed by atoms with Gasteiger partial charge in [0.15, 0.2) is 6.23 Å². The summed E-state index contributed by atoms with van der Waals surface area (Å²) in [7, 11) is 0. The minimum absolute atomic E-state index is 0.289. The molecule has 0 radical (unpaired) electrons. The van der Waals surface area contributed by atoms with E-state index < -0.39 is 31.1 Å². The lowest BCUT2D eigenvalue weighted by atomic mass is 10.1. The van der Waals surface area contributed by atoms with Gasteiger partial charge in [0.1, 0.15) is 41.9 Å². The van der Waals surface area contributed by atoms with Crippen molar-refractivity contribution in [2.45, 2.75) is 24.5 Å². The lowest BCUT2D eigenvalue weighted by Gasteiger charge is -2.18. The lowest BCUT2D eigenvalue weighted by Crippen LogP contribution is -2.33. The summed E-state index contributed by atoms with van der Waals surface area (Å²) in [5, 5.41) is 31.5. The standard InChI is InChI=1S/C19H18N4O5/c20-17-14-10-6-9(12-2-1-5-27-12)3-4-11(10)23(18(14)22-8-21-17)19-16(26)15(25)13(7-24)28-19/h1-6,8,13,15-16,19,24-26H,7H2,(H2,20,21,22)/t13-,15-,16-,19-/m1/s1. The second-order valence-electron chi connectivity index (χ2n) is 6.77. The summed E-state index contributed by atoms with van der Waals surface area (Å²) in [5.41, 5.74) is 8.15. The Hall–Kier alpha value is -2.98. The SMILES string of the molecule is Nc1ncnc2c1c1cc(-c3ccco3)ccc1n2[C@@H]1O[C@H](CO)[C@@H](O)[C@H]1O. The molecule has 9 heteroatoms. The molecule has 0 unspecified atom stereocenters. The molecule has 144 valence electrons. The van der Waals surface area contributed by atoms with Crippen LogP contribution in [0.1, 0.15) is 6.23 Å². The number of hydrogen-bond donors (Lipinski definition) is 4. The largest absolute Gasteiger partial charge is 0.464 e. The van der Waals surface area contributed by atoms with Gasteiger partial charge in [0.2, 0.25) is 0 Å². The van der Waals surface area contributed by atoms with Gasteiger partial charge in [0.25, 0.3) is 0 Å². The molecule has 0 amide bonds. The molecule has 0 spiro atoms. The number of aliphatic hydroxyl groups excluding tert-OH is 3. The van der Waals surface area contributed by atoms with Crippen molar-refractivity contribution >= 4 is 27.8 Å². The molecule has 0 bridgehead atoms. The molecule has 28 heavy (non-hydrogen) atoms. The van der Waals surface area contributed by atoms with Gasteiger partial charge in [-0.15, -0.1) is 0 Å². The Balaban J connectivity index is 1.78. The minimum Gasteiger partial charge on any atom is -0.464 e. The molecule has 0 aliphatic carbocycles. The number of benzene rings is 1. The maximum absolute atomic E-state index is 10.5. The van der Waals surface area contributed by atoms with Gasteiger partial charge >= 0.3 is 0 Å². The van der Waals surface area contributed by atoms with Crippen LogP contribution in [0.5, 0.6) is 0 Å². The molecule has 5 N–H and O–H groups in total. The minimum atomic E-state index is -1.24. The predicted octanol–water partition coefficient (Wildman–Crippen LogP) is 1.04. The second kappa shape index (κ2) is 6.28. The monoisotopic (exact) mass is 382 g/mol. The van der Waals surface area contributed by atoms with Crippen LogP contribution < -0.4 is 5.73 Å². The summed E-state index contributed by atoms with van der Waals surface area (Å²) in [6, 6.07) is 9.30. The highest BCUT2D eigenvalue weighted by atomic mass is 16.6. The van der Waals surface area contributed by atoms with E-state index in [2.05, 4.69) is 9.97 Å². The van der Waals surface area contributed by atoms with E-state index in [0.717, 1.165) is 10.9 Å². The normalized spacial score (nSPS) is 25.1. The Morgan fingerprint density at radius 1 is 1.14 bits per heavy atom. The zero-order chi connectivity index (χ0) is 19.4. The molecule has 3 aromatic heterocycles. The lowest BCUT2D eigenvalue weighted by molar-refractivity contribution is -0.0489. The van der Waals surface area contributed by atoms with Crippen LogP contribution in [0.25, 0.3) is 33.3 Å². The predicted molar refractivity (Wildman–Crippen MR) is 100 cm³/mol. The third-order valence-electron chi connectivity index (χ3n) is 5.19. The fourth-order valence-electron chi connectivity index (χ4n) is 3.84. The van der Waals surface area contributed by atoms with Crippen LogP contribution in [-0.4, -0.2) is 54.8 Å². The van der Waals surface area contributed by atoms with E-state index >= 15 is 0 Å². The number of hydrogen-bond acceptors (Lipinski definition) is 8. The summed E-state index contributed by atoms with van der Waals surface area (Å²) in [6.07, 6.45) is -1.35. The number of nitrogens with two attached hydrogens (primary N) is 1. The molecule has 9 nitrogen and oxygen atoms in total. The molecular formula is C19H18N4O5. The fourth-order valence-corrected chi connectivity index (χ4v) is 3.84. The number of aliphatic hydroxyl groups is 3. The first-order chi connectivity index (χ1) is 13.6. The van der Waals surface area contributed by atoms with E-state index in [1.165, 1.54) is 6.33 Å². The second-order valence-corrected chi connectivity index (χ2v) is 6.77. The molecule has 0 saturated carbocycles. The average Bonchev–Trinajstić information content (AvgIpc) is 3.40. The number of nitrogen functional groups attached to an aromatic ring is 1. The average molecular weight is 382 g/mol. The first-order valence-electron chi connectivity index (χ1n) is 8.80. The van der Waals surface area contributed by atoms with Crippen LogP contribution in [0.3, 0.4) is 0 Å². The van der Waals surface area contributed by atoms with Crippen molar-refractivity contribution in [3.05, 3.63) is 42.9 Å². The van der Waals surface area contributed by atoms with E-state index in [9.17, 15) is 15.3 Å². The number of anilines is 1.